The van der Waals surface area contributed by atoms with Crippen LogP contribution in [0.4, 0.5) is 0 Å². The van der Waals surface area contributed by atoms with Crippen molar-refractivity contribution >= 4 is 0 Å². The molecule has 1 aliphatic heterocycles. The average molecular weight is 224 g/mol. The van der Waals surface area contributed by atoms with E-state index >= 15 is 0 Å². The van der Waals surface area contributed by atoms with Crippen molar-refractivity contribution in [2.45, 2.75) is 25.6 Å². The largest absolute Gasteiger partial charge is 0.463 e. The molecule has 1 fully saturated rings. The summed E-state index contributed by atoms with van der Waals surface area (Å²) in [7, 11) is 4.05. The van der Waals surface area contributed by atoms with Crippen molar-refractivity contribution in [1.82, 2.24) is 10.2 Å². The Morgan fingerprint density at radius 1 is 1.44 bits per heavy atom. The van der Waals surface area contributed by atoms with Crippen LogP contribution in [-0.2, 0) is 17.8 Å². The molecule has 0 saturated carbocycles. The number of hydrogen-bond acceptors (Lipinski definition) is 4. The highest BCUT2D eigenvalue weighted by atomic mass is 16.5. The van der Waals surface area contributed by atoms with Crippen molar-refractivity contribution in [3.05, 3.63) is 23.7 Å². The van der Waals surface area contributed by atoms with Crippen LogP contribution in [0.25, 0.3) is 0 Å². The molecule has 1 saturated heterocycles. The lowest BCUT2D eigenvalue weighted by atomic mass is 10.2. The summed E-state index contributed by atoms with van der Waals surface area (Å²) in [6.07, 6.45) is 1.13. The fourth-order valence-electron chi connectivity index (χ4n) is 2.02. The number of likely N-dealkylation sites (N-methyl/N-ethyl adjacent to an activating group) is 1. The van der Waals surface area contributed by atoms with Crippen LogP contribution >= 0.6 is 0 Å². The summed E-state index contributed by atoms with van der Waals surface area (Å²) < 4.78 is 11.1. The Morgan fingerprint density at radius 2 is 2.25 bits per heavy atom. The van der Waals surface area contributed by atoms with Crippen molar-refractivity contribution in [3.63, 3.8) is 0 Å². The SMILES string of the molecule is CNCc1ccc(CN(C)C2CCOC2)o1. The molecule has 0 bridgehead atoms. The molecule has 4 nitrogen and oxygen atoms in total. The molecular weight excluding hydrogens is 204 g/mol. The lowest BCUT2D eigenvalue weighted by Crippen LogP contribution is -2.31. The van der Waals surface area contributed by atoms with E-state index in [1.165, 1.54) is 0 Å². The molecule has 1 atom stereocenters. The molecule has 16 heavy (non-hydrogen) atoms. The molecule has 2 rings (SSSR count). The van der Waals surface area contributed by atoms with E-state index in [9.17, 15) is 0 Å². The molecule has 1 aromatic rings. The third-order valence-corrected chi connectivity index (χ3v) is 3.00. The molecule has 1 unspecified atom stereocenters. The summed E-state index contributed by atoms with van der Waals surface area (Å²) in [5, 5.41) is 3.08. The number of hydrogen-bond donors (Lipinski definition) is 1. The predicted octanol–water partition coefficient (Wildman–Crippen LogP) is 1.22. The van der Waals surface area contributed by atoms with E-state index in [0.717, 1.165) is 44.2 Å². The summed E-state index contributed by atoms with van der Waals surface area (Å²) in [4.78, 5) is 2.30. The lowest BCUT2D eigenvalue weighted by molar-refractivity contribution is 0.151. The summed E-state index contributed by atoms with van der Waals surface area (Å²) >= 11 is 0. The Labute approximate surface area is 96.6 Å². The standard InChI is InChI=1S/C12H20N2O2/c1-13-7-11-3-4-12(16-11)8-14(2)10-5-6-15-9-10/h3-4,10,13H,5-9H2,1-2H3. The van der Waals surface area contributed by atoms with Gasteiger partial charge < -0.3 is 14.5 Å². The van der Waals surface area contributed by atoms with Crippen LogP contribution in [0.1, 0.15) is 17.9 Å². The maximum Gasteiger partial charge on any atom is 0.118 e. The highest BCUT2D eigenvalue weighted by Gasteiger charge is 2.20. The fraction of sp³-hybridized carbons (Fsp3) is 0.667. The molecule has 1 aliphatic rings. The first-order chi connectivity index (χ1) is 7.79. The molecule has 4 heteroatoms. The van der Waals surface area contributed by atoms with Gasteiger partial charge in [0.2, 0.25) is 0 Å². The Hall–Kier alpha value is -0.840. The minimum absolute atomic E-state index is 0.540. The van der Waals surface area contributed by atoms with Crippen LogP contribution in [0.2, 0.25) is 0 Å². The summed E-state index contributed by atoms with van der Waals surface area (Å²) in [5.41, 5.74) is 0. The molecule has 90 valence electrons. The number of ether oxygens (including phenoxy) is 1. The van der Waals surface area contributed by atoms with Crippen LogP contribution in [-0.4, -0.2) is 38.3 Å². The monoisotopic (exact) mass is 224 g/mol. The van der Waals surface area contributed by atoms with Crippen molar-refractivity contribution in [2.24, 2.45) is 0 Å². The molecule has 1 aromatic heterocycles. The van der Waals surface area contributed by atoms with Gasteiger partial charge in [-0.05, 0) is 32.6 Å². The predicted molar refractivity (Wildman–Crippen MR) is 62.2 cm³/mol. The topological polar surface area (TPSA) is 37.6 Å². The van der Waals surface area contributed by atoms with Crippen LogP contribution < -0.4 is 5.32 Å². The normalized spacial score (nSPS) is 20.8. The molecule has 0 radical (unpaired) electrons. The molecular formula is C12H20N2O2. The Bertz CT molecular complexity index is 319. The van der Waals surface area contributed by atoms with Gasteiger partial charge >= 0.3 is 0 Å². The lowest BCUT2D eigenvalue weighted by Gasteiger charge is -2.21. The van der Waals surface area contributed by atoms with E-state index in [4.69, 9.17) is 9.15 Å². The van der Waals surface area contributed by atoms with Crippen LogP contribution in [0.5, 0.6) is 0 Å². The maximum absolute atomic E-state index is 5.71. The van der Waals surface area contributed by atoms with E-state index in [2.05, 4.69) is 23.3 Å². The first kappa shape index (κ1) is 11.6. The van der Waals surface area contributed by atoms with Crippen molar-refractivity contribution in [2.75, 3.05) is 27.3 Å². The second-order valence-corrected chi connectivity index (χ2v) is 4.33. The molecule has 0 aromatic carbocycles. The van der Waals surface area contributed by atoms with Gasteiger partial charge in [0, 0.05) is 12.6 Å². The number of nitrogens with zero attached hydrogens (tertiary/aromatic N) is 1. The van der Waals surface area contributed by atoms with Crippen molar-refractivity contribution in [1.29, 1.82) is 0 Å². The molecule has 0 aliphatic carbocycles. The first-order valence-corrected chi connectivity index (χ1v) is 5.80. The molecule has 1 N–H and O–H groups in total. The zero-order valence-electron chi connectivity index (χ0n) is 10.0. The van der Waals surface area contributed by atoms with E-state index in [0.29, 0.717) is 6.04 Å². The Morgan fingerprint density at radius 3 is 2.94 bits per heavy atom. The number of furan rings is 1. The van der Waals surface area contributed by atoms with E-state index in [-0.39, 0.29) is 0 Å². The second kappa shape index (κ2) is 5.48. The van der Waals surface area contributed by atoms with Crippen LogP contribution in [0.15, 0.2) is 16.5 Å². The van der Waals surface area contributed by atoms with Gasteiger partial charge in [0.1, 0.15) is 11.5 Å². The Kier molecular flexibility index (Phi) is 3.98. The highest BCUT2D eigenvalue weighted by molar-refractivity contribution is 5.07. The zero-order chi connectivity index (χ0) is 11.4. The summed E-state index contributed by atoms with van der Waals surface area (Å²) in [6, 6.07) is 4.63. The Balaban J connectivity index is 1.87. The third-order valence-electron chi connectivity index (χ3n) is 3.00. The first-order valence-electron chi connectivity index (χ1n) is 5.80. The van der Waals surface area contributed by atoms with Crippen molar-refractivity contribution in [3.8, 4) is 0 Å². The van der Waals surface area contributed by atoms with E-state index in [1.54, 1.807) is 0 Å². The highest BCUT2D eigenvalue weighted by Crippen LogP contribution is 2.15. The zero-order valence-corrected chi connectivity index (χ0v) is 10.0. The third kappa shape index (κ3) is 2.84. The van der Waals surface area contributed by atoms with Gasteiger partial charge in [-0.15, -0.1) is 0 Å². The van der Waals surface area contributed by atoms with Crippen LogP contribution in [0, 0.1) is 0 Å². The van der Waals surface area contributed by atoms with Gasteiger partial charge in [-0.3, -0.25) is 4.90 Å². The van der Waals surface area contributed by atoms with Crippen molar-refractivity contribution < 1.29 is 9.15 Å². The number of nitrogens with one attached hydrogen (secondary N) is 1. The minimum Gasteiger partial charge on any atom is -0.463 e. The second-order valence-electron chi connectivity index (χ2n) is 4.33. The molecule has 0 spiro atoms. The smallest absolute Gasteiger partial charge is 0.118 e. The van der Waals surface area contributed by atoms with Gasteiger partial charge in [-0.2, -0.15) is 0 Å². The van der Waals surface area contributed by atoms with Gasteiger partial charge in [0.05, 0.1) is 19.7 Å². The number of rotatable bonds is 5. The van der Waals surface area contributed by atoms with Gasteiger partial charge in [0.15, 0.2) is 0 Å². The summed E-state index contributed by atoms with van der Waals surface area (Å²) in [6.45, 7) is 3.38. The minimum atomic E-state index is 0.540. The molecule has 0 amide bonds. The van der Waals surface area contributed by atoms with Gasteiger partial charge in [-0.25, -0.2) is 0 Å². The fourth-order valence-corrected chi connectivity index (χ4v) is 2.02. The summed E-state index contributed by atoms with van der Waals surface area (Å²) in [5.74, 6) is 2.02. The maximum atomic E-state index is 5.71. The van der Waals surface area contributed by atoms with Gasteiger partial charge in [0.25, 0.3) is 0 Å². The van der Waals surface area contributed by atoms with Gasteiger partial charge in [-0.1, -0.05) is 0 Å². The average Bonchev–Trinajstić information content (AvgIpc) is 2.89. The quantitative estimate of drug-likeness (QED) is 0.816. The van der Waals surface area contributed by atoms with Crippen LogP contribution in [0.3, 0.4) is 0 Å². The van der Waals surface area contributed by atoms with E-state index < -0.39 is 0 Å². The molecule has 2 heterocycles. The van der Waals surface area contributed by atoms with E-state index in [1.807, 2.05) is 13.1 Å².